The first-order valence-corrected chi connectivity index (χ1v) is 7.86. The molecule has 1 rings (SSSR count). The molecule has 0 saturated carbocycles. The van der Waals surface area contributed by atoms with Crippen LogP contribution in [0.4, 0.5) is 4.39 Å². The third kappa shape index (κ3) is 4.90. The Bertz CT molecular complexity index is 555. The second-order valence-electron chi connectivity index (χ2n) is 4.80. The summed E-state index contributed by atoms with van der Waals surface area (Å²) in [5, 5.41) is 2.66. The Kier molecular flexibility index (Phi) is 5.64. The van der Waals surface area contributed by atoms with Gasteiger partial charge in [-0.05, 0) is 30.7 Å². The van der Waals surface area contributed by atoms with Crippen molar-refractivity contribution in [2.45, 2.75) is 19.9 Å². The number of carbonyl (C=O) groups excluding carboxylic acids is 1. The molecule has 0 heterocycles. The molecule has 2 N–H and O–H groups in total. The maximum atomic E-state index is 12.9. The Balaban J connectivity index is 2.83. The van der Waals surface area contributed by atoms with Gasteiger partial charge in [-0.3, -0.25) is 4.79 Å². The van der Waals surface area contributed by atoms with Crippen molar-refractivity contribution in [3.63, 3.8) is 0 Å². The van der Waals surface area contributed by atoms with Crippen molar-refractivity contribution >= 4 is 15.9 Å². The summed E-state index contributed by atoms with van der Waals surface area (Å²) < 4.78 is 37.6. The van der Waals surface area contributed by atoms with Gasteiger partial charge in [0.05, 0.1) is 6.04 Å². The maximum Gasteiger partial charge on any atom is 0.237 e. The highest BCUT2D eigenvalue weighted by molar-refractivity contribution is 7.90. The van der Waals surface area contributed by atoms with Crippen LogP contribution >= 0.6 is 0 Å². The third-order valence-corrected chi connectivity index (χ3v) is 4.11. The van der Waals surface area contributed by atoms with Crippen LogP contribution in [0.1, 0.15) is 25.5 Å². The Labute approximate surface area is 118 Å². The molecule has 0 aliphatic carbocycles. The average Bonchev–Trinajstić information content (AvgIpc) is 2.36. The Morgan fingerprint density at radius 2 is 1.80 bits per heavy atom. The number of hydrogen-bond donors (Lipinski definition) is 2. The predicted octanol–water partition coefficient (Wildman–Crippen LogP) is 1.19. The fourth-order valence-corrected chi connectivity index (χ4v) is 2.34. The third-order valence-electron chi connectivity index (χ3n) is 2.84. The number of carbonyl (C=O) groups is 1. The van der Waals surface area contributed by atoms with Crippen molar-refractivity contribution in [3.8, 4) is 0 Å². The summed E-state index contributed by atoms with van der Waals surface area (Å²) in [7, 11) is -2.35. The van der Waals surface area contributed by atoms with Gasteiger partial charge in [0, 0.05) is 0 Å². The van der Waals surface area contributed by atoms with Gasteiger partial charge in [0.2, 0.25) is 15.9 Å². The monoisotopic (exact) mass is 302 g/mol. The summed E-state index contributed by atoms with van der Waals surface area (Å²) in [6.45, 7) is 3.78. The van der Waals surface area contributed by atoms with Gasteiger partial charge in [0.15, 0.2) is 0 Å². The van der Waals surface area contributed by atoms with Gasteiger partial charge in [-0.15, -0.1) is 0 Å². The van der Waals surface area contributed by atoms with Gasteiger partial charge in [0.25, 0.3) is 0 Å². The lowest BCUT2D eigenvalue weighted by Crippen LogP contribution is -2.38. The van der Waals surface area contributed by atoms with Gasteiger partial charge < -0.3 is 5.32 Å². The van der Waals surface area contributed by atoms with E-state index in [0.29, 0.717) is 0 Å². The van der Waals surface area contributed by atoms with Crippen LogP contribution in [0.2, 0.25) is 0 Å². The lowest BCUT2D eigenvalue weighted by molar-refractivity contribution is -0.119. The molecule has 1 atom stereocenters. The second-order valence-corrected chi connectivity index (χ2v) is 6.73. The molecule has 0 saturated heterocycles. The first-order valence-electron chi connectivity index (χ1n) is 6.21. The summed E-state index contributed by atoms with van der Waals surface area (Å²) >= 11 is 0. The minimum Gasteiger partial charge on any atom is -0.348 e. The van der Waals surface area contributed by atoms with Crippen LogP contribution in [0, 0.1) is 11.7 Å². The molecular formula is C13H19FN2O3S. The molecule has 112 valence electrons. The first kappa shape index (κ1) is 16.6. The zero-order valence-corrected chi connectivity index (χ0v) is 12.5. The quantitative estimate of drug-likeness (QED) is 0.829. The number of benzene rings is 1. The SMILES string of the molecule is CNS(=O)(=O)CC(=O)N[C@@H](c1ccc(F)cc1)C(C)C. The molecule has 0 bridgehead atoms. The highest BCUT2D eigenvalue weighted by atomic mass is 32.2. The lowest BCUT2D eigenvalue weighted by atomic mass is 9.96. The zero-order chi connectivity index (χ0) is 15.3. The standard InChI is InChI=1S/C13H19FN2O3S/c1-9(2)13(10-4-6-11(14)7-5-10)16-12(17)8-20(18,19)15-3/h4-7,9,13,15H,8H2,1-3H3,(H,16,17)/t13-/m1/s1. The Morgan fingerprint density at radius 1 is 1.25 bits per heavy atom. The fourth-order valence-electron chi connectivity index (χ4n) is 1.76. The first-order chi connectivity index (χ1) is 9.25. The smallest absolute Gasteiger partial charge is 0.237 e. The predicted molar refractivity (Wildman–Crippen MR) is 75.0 cm³/mol. The molecule has 0 aromatic heterocycles. The normalized spacial score (nSPS) is 13.2. The second kappa shape index (κ2) is 6.81. The minimum absolute atomic E-state index is 0.0432. The Hall–Kier alpha value is -1.47. The number of sulfonamides is 1. The molecule has 20 heavy (non-hydrogen) atoms. The van der Waals surface area contributed by atoms with E-state index in [-0.39, 0.29) is 17.8 Å². The van der Waals surface area contributed by atoms with E-state index in [2.05, 4.69) is 10.0 Å². The molecule has 0 unspecified atom stereocenters. The van der Waals surface area contributed by atoms with Crippen LogP contribution in [0.5, 0.6) is 0 Å². The molecule has 0 fully saturated rings. The summed E-state index contributed by atoms with van der Waals surface area (Å²) in [6, 6.07) is 5.40. The largest absolute Gasteiger partial charge is 0.348 e. The summed E-state index contributed by atoms with van der Waals surface area (Å²) in [5.74, 6) is -1.54. The summed E-state index contributed by atoms with van der Waals surface area (Å²) in [6.07, 6.45) is 0. The minimum atomic E-state index is -3.60. The molecule has 5 nitrogen and oxygen atoms in total. The molecule has 0 aliphatic heterocycles. The van der Waals surface area contributed by atoms with E-state index >= 15 is 0 Å². The van der Waals surface area contributed by atoms with Gasteiger partial charge in [0.1, 0.15) is 11.6 Å². The van der Waals surface area contributed by atoms with Crippen LogP contribution in [0.15, 0.2) is 24.3 Å². The zero-order valence-electron chi connectivity index (χ0n) is 11.7. The number of hydrogen-bond acceptors (Lipinski definition) is 3. The van der Waals surface area contributed by atoms with E-state index in [1.165, 1.54) is 19.2 Å². The highest BCUT2D eigenvalue weighted by Gasteiger charge is 2.21. The van der Waals surface area contributed by atoms with Gasteiger partial charge in [-0.2, -0.15) is 0 Å². The van der Waals surface area contributed by atoms with Crippen molar-refractivity contribution < 1.29 is 17.6 Å². The molecule has 0 spiro atoms. The van der Waals surface area contributed by atoms with E-state index in [0.717, 1.165) is 5.56 Å². The number of nitrogens with one attached hydrogen (secondary N) is 2. The molecule has 1 aromatic carbocycles. The van der Waals surface area contributed by atoms with Crippen LogP contribution in [-0.2, 0) is 14.8 Å². The average molecular weight is 302 g/mol. The Morgan fingerprint density at radius 3 is 2.25 bits per heavy atom. The molecular weight excluding hydrogens is 283 g/mol. The van der Waals surface area contributed by atoms with E-state index in [4.69, 9.17) is 0 Å². The van der Waals surface area contributed by atoms with Crippen molar-refractivity contribution in [3.05, 3.63) is 35.6 Å². The van der Waals surface area contributed by atoms with Crippen LogP contribution in [-0.4, -0.2) is 27.1 Å². The molecule has 7 heteroatoms. The van der Waals surface area contributed by atoms with Crippen molar-refractivity contribution in [1.29, 1.82) is 0 Å². The number of rotatable bonds is 6. The van der Waals surface area contributed by atoms with E-state index in [1.807, 2.05) is 13.8 Å². The lowest BCUT2D eigenvalue weighted by Gasteiger charge is -2.23. The molecule has 1 amide bonds. The van der Waals surface area contributed by atoms with Crippen LogP contribution in [0.3, 0.4) is 0 Å². The summed E-state index contributed by atoms with van der Waals surface area (Å²) in [5.41, 5.74) is 0.733. The van der Waals surface area contributed by atoms with Crippen LogP contribution in [0.25, 0.3) is 0 Å². The van der Waals surface area contributed by atoms with Crippen molar-refractivity contribution in [2.75, 3.05) is 12.8 Å². The van der Waals surface area contributed by atoms with Gasteiger partial charge in [-0.1, -0.05) is 26.0 Å². The number of amides is 1. The fraction of sp³-hybridized carbons (Fsp3) is 0.462. The van der Waals surface area contributed by atoms with Crippen LogP contribution < -0.4 is 10.0 Å². The van der Waals surface area contributed by atoms with E-state index < -0.39 is 21.7 Å². The van der Waals surface area contributed by atoms with Crippen molar-refractivity contribution in [1.82, 2.24) is 10.0 Å². The van der Waals surface area contributed by atoms with Gasteiger partial charge >= 0.3 is 0 Å². The van der Waals surface area contributed by atoms with Gasteiger partial charge in [-0.25, -0.2) is 17.5 Å². The molecule has 0 radical (unpaired) electrons. The topological polar surface area (TPSA) is 75.3 Å². The number of halogens is 1. The molecule has 0 aliphatic rings. The summed E-state index contributed by atoms with van der Waals surface area (Å²) in [4.78, 5) is 11.8. The van der Waals surface area contributed by atoms with Crippen molar-refractivity contribution in [2.24, 2.45) is 5.92 Å². The molecule has 1 aromatic rings. The highest BCUT2D eigenvalue weighted by Crippen LogP contribution is 2.21. The maximum absolute atomic E-state index is 12.9. The van der Waals surface area contributed by atoms with E-state index in [1.54, 1.807) is 12.1 Å². The van der Waals surface area contributed by atoms with E-state index in [9.17, 15) is 17.6 Å².